The van der Waals surface area contributed by atoms with E-state index >= 15 is 0 Å². The minimum atomic E-state index is -0.415. The van der Waals surface area contributed by atoms with Crippen LogP contribution in [-0.4, -0.2) is 75.0 Å². The normalized spacial score (nSPS) is 10.0. The van der Waals surface area contributed by atoms with Crippen LogP contribution in [0.25, 0.3) is 0 Å². The van der Waals surface area contributed by atoms with Gasteiger partial charge in [-0.2, -0.15) is 0 Å². The molecule has 0 aromatic rings. The Morgan fingerprint density at radius 1 is 0.710 bits per heavy atom. The molecule has 0 spiro atoms. The van der Waals surface area contributed by atoms with Crippen LogP contribution in [0.3, 0.4) is 0 Å². The average Bonchev–Trinajstić information content (AvgIpc) is 2.76. The van der Waals surface area contributed by atoms with Crippen LogP contribution in [0.15, 0.2) is 24.8 Å². The SMILES string of the molecule is C=C(C)C(=O)OCCOCCCCCCO.C=CC(=O)OCCOCCCCCCO. The van der Waals surface area contributed by atoms with E-state index in [9.17, 15) is 9.59 Å². The summed E-state index contributed by atoms with van der Waals surface area (Å²) in [7, 11) is 0. The fourth-order valence-corrected chi connectivity index (χ4v) is 2.12. The van der Waals surface area contributed by atoms with Crippen molar-refractivity contribution in [2.24, 2.45) is 0 Å². The Bertz CT molecular complexity index is 451. The molecule has 0 aromatic carbocycles. The van der Waals surface area contributed by atoms with Crippen molar-refractivity contribution in [2.75, 3.05) is 52.9 Å². The van der Waals surface area contributed by atoms with Gasteiger partial charge in [-0.25, -0.2) is 9.59 Å². The standard InChI is InChI=1S/C12H22O4.C11H20O4/c1-11(2)12(14)16-10-9-15-8-6-4-3-5-7-13;1-2-11(13)15-10-9-14-8-6-4-3-5-7-12/h13H,1,3-10H2,2H3;2,12H,1,3-10H2. The van der Waals surface area contributed by atoms with Gasteiger partial charge in [-0.1, -0.05) is 38.8 Å². The van der Waals surface area contributed by atoms with Crippen LogP contribution < -0.4 is 0 Å². The largest absolute Gasteiger partial charge is 0.460 e. The third-order valence-electron chi connectivity index (χ3n) is 3.84. The first-order valence-electron chi connectivity index (χ1n) is 11.0. The lowest BCUT2D eigenvalue weighted by Crippen LogP contribution is -2.11. The molecule has 0 radical (unpaired) electrons. The van der Waals surface area contributed by atoms with E-state index in [1.807, 2.05) is 0 Å². The van der Waals surface area contributed by atoms with Gasteiger partial charge in [0.25, 0.3) is 0 Å². The number of hydrogen-bond donors (Lipinski definition) is 2. The zero-order valence-corrected chi connectivity index (χ0v) is 19.1. The smallest absolute Gasteiger partial charge is 0.333 e. The molecule has 0 aromatic heterocycles. The van der Waals surface area contributed by atoms with Crippen molar-refractivity contribution in [3.8, 4) is 0 Å². The molecule has 182 valence electrons. The van der Waals surface area contributed by atoms with E-state index in [1.165, 1.54) is 0 Å². The lowest BCUT2D eigenvalue weighted by Gasteiger charge is -2.05. The summed E-state index contributed by atoms with van der Waals surface area (Å²) in [4.78, 5) is 21.5. The number of aliphatic hydroxyl groups is 2. The highest BCUT2D eigenvalue weighted by molar-refractivity contribution is 5.86. The van der Waals surface area contributed by atoms with Gasteiger partial charge in [0, 0.05) is 38.1 Å². The van der Waals surface area contributed by atoms with E-state index in [0.717, 1.165) is 57.4 Å². The summed E-state index contributed by atoms with van der Waals surface area (Å²) in [5.74, 6) is -0.784. The highest BCUT2D eigenvalue weighted by Crippen LogP contribution is 2.00. The van der Waals surface area contributed by atoms with Crippen molar-refractivity contribution >= 4 is 11.9 Å². The van der Waals surface area contributed by atoms with Crippen LogP contribution in [0, 0.1) is 0 Å². The van der Waals surface area contributed by atoms with E-state index in [-0.39, 0.29) is 32.4 Å². The van der Waals surface area contributed by atoms with E-state index in [0.29, 0.717) is 32.0 Å². The molecule has 8 heteroatoms. The Labute approximate surface area is 187 Å². The Kier molecular flexibility index (Phi) is 26.7. The summed E-state index contributed by atoms with van der Waals surface area (Å²) in [6.07, 6.45) is 9.00. The van der Waals surface area contributed by atoms with E-state index < -0.39 is 5.97 Å². The maximum Gasteiger partial charge on any atom is 0.333 e. The monoisotopic (exact) mass is 446 g/mol. The molecule has 8 nitrogen and oxygen atoms in total. The van der Waals surface area contributed by atoms with Gasteiger partial charge in [0.2, 0.25) is 0 Å². The first-order chi connectivity index (χ1) is 15.0. The number of carbonyl (C=O) groups excluding carboxylic acids is 2. The molecule has 2 N–H and O–H groups in total. The summed E-state index contributed by atoms with van der Waals surface area (Å²) in [5, 5.41) is 17.1. The van der Waals surface area contributed by atoms with Gasteiger partial charge >= 0.3 is 11.9 Å². The first-order valence-corrected chi connectivity index (χ1v) is 11.0. The van der Waals surface area contributed by atoms with Crippen LogP contribution in [0.4, 0.5) is 0 Å². The third-order valence-corrected chi connectivity index (χ3v) is 3.84. The summed E-state index contributed by atoms with van der Waals surface area (Å²) in [6.45, 7) is 11.7. The quantitative estimate of drug-likeness (QED) is 0.167. The van der Waals surface area contributed by atoms with Crippen molar-refractivity contribution in [3.63, 3.8) is 0 Å². The lowest BCUT2D eigenvalue weighted by molar-refractivity contribution is -0.140. The van der Waals surface area contributed by atoms with Crippen LogP contribution in [0.2, 0.25) is 0 Å². The second-order valence-corrected chi connectivity index (χ2v) is 6.79. The highest BCUT2D eigenvalue weighted by Gasteiger charge is 2.01. The molecule has 0 saturated carbocycles. The Balaban J connectivity index is 0. The van der Waals surface area contributed by atoms with E-state index in [2.05, 4.69) is 13.2 Å². The molecule has 0 amide bonds. The molecular formula is C23H42O8. The van der Waals surface area contributed by atoms with E-state index in [4.69, 9.17) is 29.2 Å². The maximum atomic E-state index is 10.9. The highest BCUT2D eigenvalue weighted by atomic mass is 16.6. The molecule has 0 aliphatic rings. The van der Waals surface area contributed by atoms with Crippen molar-refractivity contribution in [3.05, 3.63) is 24.8 Å². The average molecular weight is 447 g/mol. The second-order valence-electron chi connectivity index (χ2n) is 6.79. The zero-order chi connectivity index (χ0) is 23.6. The van der Waals surface area contributed by atoms with Gasteiger partial charge in [-0.05, 0) is 32.6 Å². The molecule has 0 aliphatic heterocycles. The molecule has 31 heavy (non-hydrogen) atoms. The Morgan fingerprint density at radius 2 is 1.16 bits per heavy atom. The predicted octanol–water partition coefficient (Wildman–Crippen LogP) is 2.96. The van der Waals surface area contributed by atoms with Crippen LogP contribution in [-0.2, 0) is 28.5 Å². The lowest BCUT2D eigenvalue weighted by atomic mass is 10.2. The topological polar surface area (TPSA) is 112 Å². The number of hydrogen-bond acceptors (Lipinski definition) is 8. The van der Waals surface area contributed by atoms with Crippen molar-refractivity contribution in [1.82, 2.24) is 0 Å². The summed E-state index contributed by atoms with van der Waals surface area (Å²) >= 11 is 0. The minimum absolute atomic E-state index is 0.262. The number of aliphatic hydroxyl groups excluding tert-OH is 2. The zero-order valence-electron chi connectivity index (χ0n) is 19.1. The number of carbonyl (C=O) groups is 2. The van der Waals surface area contributed by atoms with Gasteiger partial charge in [0.05, 0.1) is 13.2 Å². The fraction of sp³-hybridized carbons (Fsp3) is 0.739. The number of rotatable bonds is 20. The summed E-state index contributed by atoms with van der Waals surface area (Å²) in [6, 6.07) is 0. The molecule has 0 heterocycles. The van der Waals surface area contributed by atoms with Crippen LogP contribution in [0.1, 0.15) is 58.3 Å². The predicted molar refractivity (Wildman–Crippen MR) is 120 cm³/mol. The van der Waals surface area contributed by atoms with Gasteiger partial charge in [-0.15, -0.1) is 0 Å². The van der Waals surface area contributed by atoms with E-state index in [1.54, 1.807) is 6.92 Å². The van der Waals surface area contributed by atoms with Crippen LogP contribution in [0.5, 0.6) is 0 Å². The fourth-order valence-electron chi connectivity index (χ4n) is 2.12. The molecule has 0 bridgehead atoms. The summed E-state index contributed by atoms with van der Waals surface area (Å²) in [5.41, 5.74) is 0.406. The van der Waals surface area contributed by atoms with Gasteiger partial charge in [-0.3, -0.25) is 0 Å². The molecule has 0 fully saturated rings. The summed E-state index contributed by atoms with van der Waals surface area (Å²) < 4.78 is 20.1. The van der Waals surface area contributed by atoms with Crippen molar-refractivity contribution in [2.45, 2.75) is 58.3 Å². The molecule has 0 aliphatic carbocycles. The maximum absolute atomic E-state index is 10.9. The number of unbranched alkanes of at least 4 members (excludes halogenated alkanes) is 6. The first kappa shape index (κ1) is 31.4. The molecule has 0 saturated heterocycles. The van der Waals surface area contributed by atoms with Crippen LogP contribution >= 0.6 is 0 Å². The number of esters is 2. The van der Waals surface area contributed by atoms with Gasteiger partial charge in [0.1, 0.15) is 13.2 Å². The third kappa shape index (κ3) is 28.3. The van der Waals surface area contributed by atoms with Crippen molar-refractivity contribution in [1.29, 1.82) is 0 Å². The molecule has 0 atom stereocenters. The Hall–Kier alpha value is -1.74. The minimum Gasteiger partial charge on any atom is -0.460 e. The second kappa shape index (κ2) is 26.3. The van der Waals surface area contributed by atoms with Gasteiger partial charge < -0.3 is 29.2 Å². The number of ether oxygens (including phenoxy) is 4. The molecule has 0 unspecified atom stereocenters. The molecular weight excluding hydrogens is 404 g/mol. The van der Waals surface area contributed by atoms with Gasteiger partial charge in [0.15, 0.2) is 0 Å². The molecule has 0 rings (SSSR count). The Morgan fingerprint density at radius 3 is 1.58 bits per heavy atom. The van der Waals surface area contributed by atoms with Crippen molar-refractivity contribution < 1.29 is 38.7 Å².